The second-order valence-corrected chi connectivity index (χ2v) is 9.92. The monoisotopic (exact) mass is 405 g/mol. The van der Waals surface area contributed by atoms with Crippen molar-refractivity contribution in [1.82, 2.24) is 9.55 Å². The number of fused-ring (bicyclic) bond motifs is 1. The molecule has 2 heterocycles. The fourth-order valence-electron chi connectivity index (χ4n) is 4.95. The van der Waals surface area contributed by atoms with Crippen molar-refractivity contribution in [2.45, 2.75) is 45.6 Å². The van der Waals surface area contributed by atoms with Crippen LogP contribution in [0.25, 0.3) is 22.4 Å². The first-order chi connectivity index (χ1) is 14.3. The lowest BCUT2D eigenvalue weighted by Crippen LogP contribution is -2.32. The lowest BCUT2D eigenvalue weighted by molar-refractivity contribution is 0.323. The lowest BCUT2D eigenvalue weighted by atomic mass is 9.89. The van der Waals surface area contributed by atoms with Crippen LogP contribution >= 0.6 is 11.8 Å². The quantitative estimate of drug-likeness (QED) is 0.520. The maximum Gasteiger partial charge on any atom is 0.141 e. The van der Waals surface area contributed by atoms with Crippen LogP contribution in [0, 0.1) is 12.8 Å². The van der Waals surface area contributed by atoms with E-state index in [1.165, 1.54) is 65.9 Å². The summed E-state index contributed by atoms with van der Waals surface area (Å²) in [5.74, 6) is 4.38. The summed E-state index contributed by atoms with van der Waals surface area (Å²) in [5.41, 5.74) is 6.34. The van der Waals surface area contributed by atoms with Gasteiger partial charge in [-0.25, -0.2) is 4.98 Å². The van der Waals surface area contributed by atoms with E-state index in [9.17, 15) is 0 Å². The van der Waals surface area contributed by atoms with Gasteiger partial charge in [-0.05, 0) is 49.9 Å². The molecule has 0 atom stereocenters. The van der Waals surface area contributed by atoms with Crippen LogP contribution in [0.5, 0.6) is 0 Å². The second kappa shape index (κ2) is 8.43. The van der Waals surface area contributed by atoms with Crippen molar-refractivity contribution in [1.29, 1.82) is 0 Å². The molecule has 0 N–H and O–H groups in total. The van der Waals surface area contributed by atoms with Crippen LogP contribution in [0.15, 0.2) is 42.5 Å². The van der Waals surface area contributed by atoms with E-state index in [0.717, 1.165) is 36.9 Å². The van der Waals surface area contributed by atoms with Gasteiger partial charge in [0.05, 0.1) is 11.0 Å². The molecule has 0 amide bonds. The molecule has 3 nitrogen and oxygen atoms in total. The third-order valence-electron chi connectivity index (χ3n) is 6.55. The smallest absolute Gasteiger partial charge is 0.141 e. The molecule has 0 bridgehead atoms. The van der Waals surface area contributed by atoms with Gasteiger partial charge >= 0.3 is 0 Å². The van der Waals surface area contributed by atoms with Crippen molar-refractivity contribution >= 4 is 28.5 Å². The number of hydrogen-bond acceptors (Lipinski definition) is 3. The molecule has 0 unspecified atom stereocenters. The Morgan fingerprint density at radius 2 is 1.83 bits per heavy atom. The highest BCUT2D eigenvalue weighted by atomic mass is 32.2. The highest BCUT2D eigenvalue weighted by Gasteiger charge is 2.20. The first kappa shape index (κ1) is 19.0. The zero-order valence-electron chi connectivity index (χ0n) is 17.4. The number of thioether (sulfide) groups is 1. The van der Waals surface area contributed by atoms with E-state index in [1.54, 1.807) is 0 Å². The molecule has 2 aliphatic rings. The molecule has 4 heteroatoms. The molecule has 1 saturated heterocycles. The molecule has 1 aromatic heterocycles. The molecule has 0 spiro atoms. The average Bonchev–Trinajstić information content (AvgIpc) is 3.13. The van der Waals surface area contributed by atoms with Gasteiger partial charge in [0, 0.05) is 42.4 Å². The van der Waals surface area contributed by atoms with Crippen LogP contribution in [0.1, 0.15) is 37.7 Å². The second-order valence-electron chi connectivity index (χ2n) is 8.69. The van der Waals surface area contributed by atoms with Crippen LogP contribution in [0.2, 0.25) is 0 Å². The standard InChI is InChI=1S/C25H31N3S/c1-19-6-5-9-21(16-19)25-26-23-11-10-22(27-12-14-29-15-13-27)17-24(23)28(25)18-20-7-3-2-4-8-20/h5-6,9-11,16-17,20H,2-4,7-8,12-15,18H2,1H3. The third kappa shape index (κ3) is 4.05. The van der Waals surface area contributed by atoms with E-state index >= 15 is 0 Å². The topological polar surface area (TPSA) is 21.1 Å². The predicted molar refractivity (Wildman–Crippen MR) is 126 cm³/mol. The van der Waals surface area contributed by atoms with Crippen LogP contribution in [-0.4, -0.2) is 34.1 Å². The van der Waals surface area contributed by atoms with Crippen molar-refractivity contribution in [3.8, 4) is 11.4 Å². The van der Waals surface area contributed by atoms with E-state index in [1.807, 2.05) is 0 Å². The van der Waals surface area contributed by atoms with E-state index in [-0.39, 0.29) is 0 Å². The molecule has 2 fully saturated rings. The van der Waals surface area contributed by atoms with Gasteiger partial charge in [0.1, 0.15) is 5.82 Å². The van der Waals surface area contributed by atoms with E-state index in [0.29, 0.717) is 0 Å². The largest absolute Gasteiger partial charge is 0.370 e. The number of rotatable bonds is 4. The van der Waals surface area contributed by atoms with Gasteiger partial charge in [-0.2, -0.15) is 11.8 Å². The van der Waals surface area contributed by atoms with Crippen molar-refractivity contribution in [2.75, 3.05) is 29.5 Å². The Kier molecular flexibility index (Phi) is 5.54. The summed E-state index contributed by atoms with van der Waals surface area (Å²) < 4.78 is 2.53. The zero-order valence-corrected chi connectivity index (χ0v) is 18.3. The summed E-state index contributed by atoms with van der Waals surface area (Å²) >= 11 is 2.07. The molecule has 29 heavy (non-hydrogen) atoms. The van der Waals surface area contributed by atoms with Crippen molar-refractivity contribution in [3.05, 3.63) is 48.0 Å². The summed E-state index contributed by atoms with van der Waals surface area (Å²) in [6.07, 6.45) is 6.89. The Balaban J connectivity index is 1.59. The lowest BCUT2D eigenvalue weighted by Gasteiger charge is -2.28. The first-order valence-corrected chi connectivity index (χ1v) is 12.3. The van der Waals surface area contributed by atoms with Gasteiger partial charge in [-0.15, -0.1) is 0 Å². The van der Waals surface area contributed by atoms with Gasteiger partial charge in [0.25, 0.3) is 0 Å². The van der Waals surface area contributed by atoms with Crippen LogP contribution < -0.4 is 4.90 Å². The maximum atomic E-state index is 5.12. The molecule has 1 aliphatic carbocycles. The molecule has 3 aromatic rings. The van der Waals surface area contributed by atoms with E-state index in [2.05, 4.69) is 70.6 Å². The van der Waals surface area contributed by atoms with Gasteiger partial charge in [-0.3, -0.25) is 0 Å². The Morgan fingerprint density at radius 1 is 1.00 bits per heavy atom. The molecule has 1 saturated carbocycles. The van der Waals surface area contributed by atoms with Crippen LogP contribution in [0.3, 0.4) is 0 Å². The van der Waals surface area contributed by atoms with Crippen molar-refractivity contribution in [3.63, 3.8) is 0 Å². The van der Waals surface area contributed by atoms with E-state index < -0.39 is 0 Å². The maximum absolute atomic E-state index is 5.12. The number of aryl methyl sites for hydroxylation is 1. The molecule has 2 aromatic carbocycles. The van der Waals surface area contributed by atoms with Gasteiger partial charge in [0.2, 0.25) is 0 Å². The highest BCUT2D eigenvalue weighted by molar-refractivity contribution is 7.99. The molecule has 5 rings (SSSR count). The zero-order chi connectivity index (χ0) is 19.6. The Labute approximate surface area is 178 Å². The molecular formula is C25H31N3S. The number of nitrogens with zero attached hydrogens (tertiary/aromatic N) is 3. The van der Waals surface area contributed by atoms with Gasteiger partial charge in [-0.1, -0.05) is 43.0 Å². The van der Waals surface area contributed by atoms with Crippen LogP contribution in [-0.2, 0) is 6.54 Å². The fraction of sp³-hybridized carbons (Fsp3) is 0.480. The summed E-state index contributed by atoms with van der Waals surface area (Å²) in [4.78, 5) is 7.66. The normalized spacial score (nSPS) is 18.4. The van der Waals surface area contributed by atoms with Crippen molar-refractivity contribution in [2.24, 2.45) is 5.92 Å². The summed E-state index contributed by atoms with van der Waals surface area (Å²) in [5, 5.41) is 0. The van der Waals surface area contributed by atoms with Crippen molar-refractivity contribution < 1.29 is 0 Å². The minimum atomic E-state index is 0.778. The van der Waals surface area contributed by atoms with E-state index in [4.69, 9.17) is 4.98 Å². The Hall–Kier alpha value is -1.94. The first-order valence-electron chi connectivity index (χ1n) is 11.2. The molecule has 152 valence electrons. The Bertz CT molecular complexity index is 981. The number of anilines is 1. The molecule has 0 radical (unpaired) electrons. The average molecular weight is 406 g/mol. The van der Waals surface area contributed by atoms with Gasteiger partial charge in [0.15, 0.2) is 0 Å². The molecule has 1 aliphatic heterocycles. The minimum Gasteiger partial charge on any atom is -0.370 e. The van der Waals surface area contributed by atoms with Gasteiger partial charge < -0.3 is 9.47 Å². The minimum absolute atomic E-state index is 0.778. The van der Waals surface area contributed by atoms with Crippen LogP contribution in [0.4, 0.5) is 5.69 Å². The number of aromatic nitrogens is 2. The highest BCUT2D eigenvalue weighted by Crippen LogP contribution is 2.33. The Morgan fingerprint density at radius 3 is 2.62 bits per heavy atom. The SMILES string of the molecule is Cc1cccc(-c2nc3ccc(N4CCSCC4)cc3n2CC2CCCCC2)c1. The third-order valence-corrected chi connectivity index (χ3v) is 7.49. The summed E-state index contributed by atoms with van der Waals surface area (Å²) in [6, 6.07) is 15.7. The summed E-state index contributed by atoms with van der Waals surface area (Å²) in [7, 11) is 0. The number of benzene rings is 2. The molecular weight excluding hydrogens is 374 g/mol. The number of imidazole rings is 1. The number of hydrogen-bond donors (Lipinski definition) is 0. The predicted octanol–water partition coefficient (Wildman–Crippen LogP) is 6.15. The fourth-order valence-corrected chi connectivity index (χ4v) is 5.85. The summed E-state index contributed by atoms with van der Waals surface area (Å²) in [6.45, 7) is 5.57.